The van der Waals surface area contributed by atoms with E-state index in [2.05, 4.69) is 169 Å². The zero-order chi connectivity index (χ0) is 29.0. The van der Waals surface area contributed by atoms with Gasteiger partial charge in [0.1, 0.15) is 0 Å². The molecule has 0 unspecified atom stereocenters. The number of fused-ring (bicyclic) bond motifs is 8. The molecule has 8 aromatic carbocycles. The molecule has 0 spiro atoms. The summed E-state index contributed by atoms with van der Waals surface area (Å²) in [5.41, 5.74) is 5.87. The van der Waals surface area contributed by atoms with Crippen molar-refractivity contribution in [1.29, 1.82) is 0 Å². The van der Waals surface area contributed by atoms with Gasteiger partial charge in [-0.3, -0.25) is 0 Å². The first-order valence-corrected chi connectivity index (χ1v) is 15.8. The van der Waals surface area contributed by atoms with Gasteiger partial charge >= 0.3 is 0 Å². The Morgan fingerprint density at radius 1 is 0.341 bits per heavy atom. The highest BCUT2D eigenvalue weighted by molar-refractivity contribution is 7.25. The molecule has 0 aliphatic rings. The Balaban J connectivity index is 1.24. The van der Waals surface area contributed by atoms with Gasteiger partial charge in [-0.15, -0.1) is 11.3 Å². The fourth-order valence-electron chi connectivity index (χ4n) is 6.70. The summed E-state index contributed by atoms with van der Waals surface area (Å²) >= 11 is 1.86. The van der Waals surface area contributed by atoms with Gasteiger partial charge < -0.3 is 4.90 Å². The third kappa shape index (κ3) is 4.07. The van der Waals surface area contributed by atoms with Crippen molar-refractivity contribution in [3.63, 3.8) is 0 Å². The lowest BCUT2D eigenvalue weighted by atomic mass is 9.96. The second-order valence-corrected chi connectivity index (χ2v) is 12.5. The minimum atomic E-state index is 1.13. The largest absolute Gasteiger partial charge is 0.310 e. The van der Waals surface area contributed by atoms with Crippen molar-refractivity contribution in [1.82, 2.24) is 0 Å². The summed E-state index contributed by atoms with van der Waals surface area (Å²) in [5.74, 6) is 0. The zero-order valence-electron chi connectivity index (χ0n) is 23.9. The van der Waals surface area contributed by atoms with Crippen molar-refractivity contribution in [3.05, 3.63) is 164 Å². The highest BCUT2D eigenvalue weighted by atomic mass is 32.1. The SMILES string of the molecule is c1ccc(-c2ccc(N(c3ccc4c(ccc5ccc6ccccc6c54)c3)c3ccc4c(c3)sc3ccccc34)cc2)cc1. The zero-order valence-corrected chi connectivity index (χ0v) is 24.8. The van der Waals surface area contributed by atoms with Crippen molar-refractivity contribution < 1.29 is 0 Å². The number of hydrogen-bond acceptors (Lipinski definition) is 2. The van der Waals surface area contributed by atoms with Crippen LogP contribution in [-0.2, 0) is 0 Å². The fraction of sp³-hybridized carbons (Fsp3) is 0. The van der Waals surface area contributed by atoms with E-state index < -0.39 is 0 Å². The summed E-state index contributed by atoms with van der Waals surface area (Å²) in [6.07, 6.45) is 0. The number of anilines is 3. The topological polar surface area (TPSA) is 3.24 Å². The van der Waals surface area contributed by atoms with Crippen LogP contribution in [0.1, 0.15) is 0 Å². The molecule has 0 aliphatic carbocycles. The molecule has 0 saturated carbocycles. The minimum absolute atomic E-state index is 1.13. The van der Waals surface area contributed by atoms with Gasteiger partial charge in [-0.1, -0.05) is 121 Å². The number of nitrogens with zero attached hydrogens (tertiary/aromatic N) is 1. The Labute approximate surface area is 259 Å². The monoisotopic (exact) mass is 577 g/mol. The number of benzene rings is 8. The number of rotatable bonds is 4. The van der Waals surface area contributed by atoms with E-state index in [1.54, 1.807) is 0 Å². The molecule has 9 aromatic rings. The second kappa shape index (κ2) is 10.1. The number of hydrogen-bond donors (Lipinski definition) is 0. The highest BCUT2D eigenvalue weighted by Crippen LogP contribution is 2.42. The van der Waals surface area contributed by atoms with Gasteiger partial charge in [-0.25, -0.2) is 0 Å². The molecule has 1 aromatic heterocycles. The Bertz CT molecular complexity index is 2490. The molecule has 44 heavy (non-hydrogen) atoms. The molecule has 0 atom stereocenters. The Hall–Kier alpha value is -5.44. The van der Waals surface area contributed by atoms with Crippen LogP contribution >= 0.6 is 11.3 Å². The van der Waals surface area contributed by atoms with Crippen LogP contribution in [0.4, 0.5) is 17.1 Å². The first kappa shape index (κ1) is 25.1. The van der Waals surface area contributed by atoms with Crippen molar-refractivity contribution in [3.8, 4) is 11.1 Å². The molecule has 2 heteroatoms. The summed E-state index contributed by atoms with van der Waals surface area (Å²) < 4.78 is 2.62. The van der Waals surface area contributed by atoms with Crippen LogP contribution in [0, 0.1) is 0 Å². The molecule has 0 N–H and O–H groups in total. The first-order valence-electron chi connectivity index (χ1n) is 15.0. The first-order chi connectivity index (χ1) is 21.8. The van der Waals surface area contributed by atoms with Gasteiger partial charge in [0.2, 0.25) is 0 Å². The van der Waals surface area contributed by atoms with E-state index in [-0.39, 0.29) is 0 Å². The van der Waals surface area contributed by atoms with Gasteiger partial charge in [-0.2, -0.15) is 0 Å². The van der Waals surface area contributed by atoms with Crippen LogP contribution in [0.15, 0.2) is 164 Å². The maximum absolute atomic E-state index is 2.39. The van der Waals surface area contributed by atoms with E-state index in [1.165, 1.54) is 63.6 Å². The van der Waals surface area contributed by atoms with Crippen molar-refractivity contribution in [2.75, 3.05) is 4.90 Å². The normalized spacial score (nSPS) is 11.6. The van der Waals surface area contributed by atoms with E-state index in [1.807, 2.05) is 11.3 Å². The predicted molar refractivity (Wildman–Crippen MR) is 192 cm³/mol. The molecule has 0 bridgehead atoms. The van der Waals surface area contributed by atoms with Gasteiger partial charge in [0.15, 0.2) is 0 Å². The summed E-state index contributed by atoms with van der Waals surface area (Å²) in [6.45, 7) is 0. The summed E-state index contributed by atoms with van der Waals surface area (Å²) in [7, 11) is 0. The molecule has 206 valence electrons. The summed E-state index contributed by atoms with van der Waals surface area (Å²) in [5, 5.41) is 10.3. The van der Waals surface area contributed by atoms with E-state index in [0.29, 0.717) is 0 Å². The lowest BCUT2D eigenvalue weighted by Gasteiger charge is -2.26. The molecular weight excluding hydrogens is 551 g/mol. The van der Waals surface area contributed by atoms with E-state index in [9.17, 15) is 0 Å². The molecule has 0 amide bonds. The van der Waals surface area contributed by atoms with Crippen LogP contribution in [0.25, 0.3) is 63.6 Å². The molecule has 0 fully saturated rings. The smallest absolute Gasteiger partial charge is 0.0476 e. The lowest BCUT2D eigenvalue weighted by Crippen LogP contribution is -2.09. The third-order valence-electron chi connectivity index (χ3n) is 8.82. The van der Waals surface area contributed by atoms with Gasteiger partial charge in [0.05, 0.1) is 0 Å². The maximum Gasteiger partial charge on any atom is 0.0476 e. The van der Waals surface area contributed by atoms with Crippen LogP contribution in [-0.4, -0.2) is 0 Å². The summed E-state index contributed by atoms with van der Waals surface area (Å²) in [4.78, 5) is 2.39. The summed E-state index contributed by atoms with van der Waals surface area (Å²) in [6, 6.07) is 59.8. The van der Waals surface area contributed by atoms with Crippen molar-refractivity contribution >= 4 is 80.9 Å². The van der Waals surface area contributed by atoms with Crippen LogP contribution < -0.4 is 4.90 Å². The molecule has 0 saturated heterocycles. The predicted octanol–water partition coefficient (Wildman–Crippen LogP) is 12.7. The van der Waals surface area contributed by atoms with Crippen molar-refractivity contribution in [2.24, 2.45) is 0 Å². The molecule has 1 nitrogen and oxygen atoms in total. The standard InChI is InChI=1S/C42H27NS/c1-2-8-28(9-3-1)29-18-20-33(21-19-29)43(35-23-25-39-38-12-6-7-13-40(38)44-41(39)27-35)34-22-24-37-32(26-34)17-16-31-15-14-30-10-4-5-11-36(30)42(31)37/h1-27H. The second-order valence-electron chi connectivity index (χ2n) is 11.4. The molecule has 9 rings (SSSR count). The lowest BCUT2D eigenvalue weighted by molar-refractivity contribution is 1.30. The van der Waals surface area contributed by atoms with Crippen molar-refractivity contribution in [2.45, 2.75) is 0 Å². The van der Waals surface area contributed by atoms with Crippen LogP contribution in [0.5, 0.6) is 0 Å². The Morgan fingerprint density at radius 2 is 0.909 bits per heavy atom. The Kier molecular flexibility index (Phi) is 5.75. The Morgan fingerprint density at radius 3 is 1.75 bits per heavy atom. The van der Waals surface area contributed by atoms with E-state index >= 15 is 0 Å². The van der Waals surface area contributed by atoms with E-state index in [4.69, 9.17) is 0 Å². The van der Waals surface area contributed by atoms with Gasteiger partial charge in [0.25, 0.3) is 0 Å². The maximum atomic E-state index is 2.39. The average Bonchev–Trinajstić information content (AvgIpc) is 3.47. The molecule has 1 heterocycles. The van der Waals surface area contributed by atoms with Crippen LogP contribution in [0.2, 0.25) is 0 Å². The van der Waals surface area contributed by atoms with Crippen LogP contribution in [0.3, 0.4) is 0 Å². The average molecular weight is 578 g/mol. The molecule has 0 radical (unpaired) electrons. The van der Waals surface area contributed by atoms with Gasteiger partial charge in [-0.05, 0) is 85.9 Å². The third-order valence-corrected chi connectivity index (χ3v) is 9.95. The molecular formula is C42H27NS. The highest BCUT2D eigenvalue weighted by Gasteiger charge is 2.16. The van der Waals surface area contributed by atoms with Gasteiger partial charge in [0, 0.05) is 37.2 Å². The quantitative estimate of drug-likeness (QED) is 0.188. The minimum Gasteiger partial charge on any atom is -0.310 e. The number of thiophene rings is 1. The van der Waals surface area contributed by atoms with E-state index in [0.717, 1.165) is 17.1 Å². The fourth-order valence-corrected chi connectivity index (χ4v) is 7.84. The molecule has 0 aliphatic heterocycles.